The van der Waals surface area contributed by atoms with Crippen LogP contribution in [0.4, 0.5) is 5.69 Å². The highest BCUT2D eigenvalue weighted by Gasteiger charge is 2.02. The van der Waals surface area contributed by atoms with Gasteiger partial charge in [-0.25, -0.2) is 0 Å². The normalized spacial score (nSPS) is 10.3. The molecule has 0 atom stereocenters. The average molecular weight is 310 g/mol. The lowest BCUT2D eigenvalue weighted by Gasteiger charge is -2.09. The summed E-state index contributed by atoms with van der Waals surface area (Å²) < 4.78 is 5.12. The molecule has 0 fully saturated rings. The lowest BCUT2D eigenvalue weighted by Crippen LogP contribution is -2.03. The molecule has 2 rings (SSSR count). The van der Waals surface area contributed by atoms with Crippen molar-refractivity contribution < 1.29 is 4.74 Å². The van der Waals surface area contributed by atoms with Crippen molar-refractivity contribution >= 4 is 28.9 Å². The zero-order valence-electron chi connectivity index (χ0n) is 11.3. The summed E-state index contributed by atoms with van der Waals surface area (Å²) in [5, 5.41) is 4.79. The van der Waals surface area contributed by atoms with E-state index in [1.54, 1.807) is 7.11 Å². The van der Waals surface area contributed by atoms with Gasteiger partial charge in [0.25, 0.3) is 0 Å². The molecule has 2 nitrogen and oxygen atoms in total. The van der Waals surface area contributed by atoms with E-state index in [0.717, 1.165) is 30.1 Å². The first-order valence-electron chi connectivity index (χ1n) is 6.51. The van der Waals surface area contributed by atoms with E-state index in [9.17, 15) is 0 Å². The summed E-state index contributed by atoms with van der Waals surface area (Å²) in [7, 11) is 1.61. The third-order valence-electron chi connectivity index (χ3n) is 3.06. The molecule has 0 unspecified atom stereocenters. The van der Waals surface area contributed by atoms with Gasteiger partial charge in [-0.3, -0.25) is 0 Å². The molecular formula is C16H17Cl2NO. The van der Waals surface area contributed by atoms with Crippen LogP contribution in [0.3, 0.4) is 0 Å². The Hall–Kier alpha value is -1.38. The number of hydrogen-bond donors (Lipinski definition) is 1. The highest BCUT2D eigenvalue weighted by atomic mass is 35.5. The number of nitrogens with one attached hydrogen (secondary N) is 1. The first-order valence-corrected chi connectivity index (χ1v) is 7.27. The van der Waals surface area contributed by atoms with Gasteiger partial charge in [0.2, 0.25) is 0 Å². The van der Waals surface area contributed by atoms with Crippen LogP contribution in [0.2, 0.25) is 10.0 Å². The van der Waals surface area contributed by atoms with Gasteiger partial charge in [-0.05, 0) is 42.7 Å². The third kappa shape index (κ3) is 4.06. The second-order valence-corrected chi connectivity index (χ2v) is 5.29. The topological polar surface area (TPSA) is 21.3 Å². The zero-order valence-corrected chi connectivity index (χ0v) is 12.8. The van der Waals surface area contributed by atoms with Crippen LogP contribution in [-0.2, 0) is 6.42 Å². The molecule has 0 spiro atoms. The number of methoxy groups -OCH3 is 1. The standard InChI is InChI=1S/C16H17Cl2NO/c1-20-16-9-8-13(11-15(16)18)19-10-4-6-12-5-2-3-7-14(12)17/h2-3,5,7-9,11,19H,4,6,10H2,1H3. The number of aryl methyl sites for hydroxylation is 1. The third-order valence-corrected chi connectivity index (χ3v) is 3.73. The Labute approximate surface area is 129 Å². The Bertz CT molecular complexity index is 572. The second kappa shape index (κ2) is 7.41. The summed E-state index contributed by atoms with van der Waals surface area (Å²) in [5.74, 6) is 0.688. The van der Waals surface area contributed by atoms with Crippen molar-refractivity contribution in [1.82, 2.24) is 0 Å². The van der Waals surface area contributed by atoms with E-state index in [1.165, 1.54) is 5.56 Å². The van der Waals surface area contributed by atoms with Gasteiger partial charge in [-0.1, -0.05) is 41.4 Å². The lowest BCUT2D eigenvalue weighted by molar-refractivity contribution is 0.415. The van der Waals surface area contributed by atoms with Gasteiger partial charge in [0.05, 0.1) is 12.1 Å². The van der Waals surface area contributed by atoms with Crippen LogP contribution in [0.25, 0.3) is 0 Å². The molecule has 2 aromatic carbocycles. The predicted molar refractivity (Wildman–Crippen MR) is 86.3 cm³/mol. The zero-order chi connectivity index (χ0) is 14.4. The first kappa shape index (κ1) is 15.0. The fourth-order valence-corrected chi connectivity index (χ4v) is 2.48. The van der Waals surface area contributed by atoms with Crippen molar-refractivity contribution in [2.75, 3.05) is 19.0 Å². The molecule has 0 bridgehead atoms. The molecule has 0 aromatic heterocycles. The highest BCUT2D eigenvalue weighted by molar-refractivity contribution is 6.32. The number of benzene rings is 2. The van der Waals surface area contributed by atoms with Gasteiger partial charge < -0.3 is 10.1 Å². The van der Waals surface area contributed by atoms with Gasteiger partial charge in [0.1, 0.15) is 5.75 Å². The summed E-state index contributed by atoms with van der Waals surface area (Å²) in [6.45, 7) is 0.869. The quantitative estimate of drug-likeness (QED) is 0.754. The molecule has 0 radical (unpaired) electrons. The maximum Gasteiger partial charge on any atom is 0.137 e. The number of rotatable bonds is 6. The fourth-order valence-electron chi connectivity index (χ4n) is 1.99. The first-order chi connectivity index (χ1) is 9.70. The summed E-state index contributed by atoms with van der Waals surface area (Å²) in [5.41, 5.74) is 2.18. The predicted octanol–water partition coefficient (Wildman–Crippen LogP) is 5.05. The van der Waals surface area contributed by atoms with Crippen LogP contribution in [0.15, 0.2) is 42.5 Å². The Morgan fingerprint density at radius 1 is 1.05 bits per heavy atom. The fraction of sp³-hybridized carbons (Fsp3) is 0.250. The molecule has 4 heteroatoms. The van der Waals surface area contributed by atoms with E-state index in [2.05, 4.69) is 11.4 Å². The summed E-state index contributed by atoms with van der Waals surface area (Å²) >= 11 is 12.2. The average Bonchev–Trinajstić information content (AvgIpc) is 2.45. The molecule has 0 aliphatic heterocycles. The molecule has 0 saturated heterocycles. The van der Waals surface area contributed by atoms with Crippen molar-refractivity contribution in [2.45, 2.75) is 12.8 Å². The van der Waals surface area contributed by atoms with Crippen molar-refractivity contribution in [3.8, 4) is 5.75 Å². The molecule has 20 heavy (non-hydrogen) atoms. The van der Waals surface area contributed by atoms with Gasteiger partial charge >= 0.3 is 0 Å². The van der Waals surface area contributed by atoms with Crippen LogP contribution in [-0.4, -0.2) is 13.7 Å². The minimum Gasteiger partial charge on any atom is -0.495 e. The Morgan fingerprint density at radius 3 is 2.55 bits per heavy atom. The van der Waals surface area contributed by atoms with E-state index >= 15 is 0 Å². The summed E-state index contributed by atoms with van der Waals surface area (Å²) in [6.07, 6.45) is 1.96. The van der Waals surface area contributed by atoms with E-state index in [4.69, 9.17) is 27.9 Å². The number of anilines is 1. The minimum absolute atomic E-state index is 0.614. The number of hydrogen-bond acceptors (Lipinski definition) is 2. The van der Waals surface area contributed by atoms with Crippen molar-refractivity contribution in [3.05, 3.63) is 58.1 Å². The van der Waals surface area contributed by atoms with Crippen LogP contribution < -0.4 is 10.1 Å². The number of ether oxygens (including phenoxy) is 1. The Kier molecular flexibility index (Phi) is 5.57. The minimum atomic E-state index is 0.614. The SMILES string of the molecule is COc1ccc(NCCCc2ccccc2Cl)cc1Cl. The molecule has 0 aliphatic carbocycles. The molecule has 106 valence electrons. The molecule has 2 aromatic rings. The van der Waals surface area contributed by atoms with Crippen molar-refractivity contribution in [1.29, 1.82) is 0 Å². The van der Waals surface area contributed by atoms with Crippen molar-refractivity contribution in [2.24, 2.45) is 0 Å². The van der Waals surface area contributed by atoms with Crippen LogP contribution in [0.1, 0.15) is 12.0 Å². The Balaban J connectivity index is 1.82. The van der Waals surface area contributed by atoms with E-state index in [-0.39, 0.29) is 0 Å². The van der Waals surface area contributed by atoms with Crippen LogP contribution >= 0.6 is 23.2 Å². The monoisotopic (exact) mass is 309 g/mol. The smallest absolute Gasteiger partial charge is 0.137 e. The lowest BCUT2D eigenvalue weighted by atomic mass is 10.1. The summed E-state index contributed by atoms with van der Waals surface area (Å²) in [4.78, 5) is 0. The molecule has 0 aliphatic rings. The van der Waals surface area contributed by atoms with Gasteiger partial charge in [0.15, 0.2) is 0 Å². The van der Waals surface area contributed by atoms with Gasteiger partial charge in [-0.2, -0.15) is 0 Å². The van der Waals surface area contributed by atoms with Gasteiger partial charge in [0, 0.05) is 17.3 Å². The number of halogens is 2. The van der Waals surface area contributed by atoms with Crippen LogP contribution in [0, 0.1) is 0 Å². The molecule has 0 saturated carbocycles. The van der Waals surface area contributed by atoms with E-state index in [1.807, 2.05) is 36.4 Å². The molecule has 0 amide bonds. The van der Waals surface area contributed by atoms with Crippen LogP contribution in [0.5, 0.6) is 5.75 Å². The largest absolute Gasteiger partial charge is 0.495 e. The second-order valence-electron chi connectivity index (χ2n) is 4.47. The van der Waals surface area contributed by atoms with E-state index in [0.29, 0.717) is 10.8 Å². The molecule has 1 N–H and O–H groups in total. The summed E-state index contributed by atoms with van der Waals surface area (Å²) in [6, 6.07) is 13.6. The Morgan fingerprint density at radius 2 is 1.85 bits per heavy atom. The van der Waals surface area contributed by atoms with E-state index < -0.39 is 0 Å². The van der Waals surface area contributed by atoms with Gasteiger partial charge in [-0.15, -0.1) is 0 Å². The van der Waals surface area contributed by atoms with Crippen molar-refractivity contribution in [3.63, 3.8) is 0 Å². The maximum atomic E-state index is 6.12. The maximum absolute atomic E-state index is 6.12. The molecular weight excluding hydrogens is 293 g/mol. The highest BCUT2D eigenvalue weighted by Crippen LogP contribution is 2.27. The molecule has 0 heterocycles.